The van der Waals surface area contributed by atoms with E-state index in [0.717, 1.165) is 0 Å². The molecule has 1 saturated heterocycles. The van der Waals surface area contributed by atoms with Crippen LogP contribution in [0.2, 0.25) is 0 Å². The van der Waals surface area contributed by atoms with E-state index in [9.17, 15) is 13.2 Å². The Bertz CT molecular complexity index is 574. The summed E-state index contributed by atoms with van der Waals surface area (Å²) in [6.45, 7) is 0.146. The molecule has 1 aliphatic rings. The van der Waals surface area contributed by atoms with Gasteiger partial charge in [-0.15, -0.1) is 0 Å². The summed E-state index contributed by atoms with van der Waals surface area (Å²) in [5, 5.41) is 2.68. The standard InChI is InChI=1S/C10H15N5O3S/c11-15-10-8(2-1-5-12-10)19(17,18)13-6-7-3-4-9(16)14-7/h1-2,5,7,13H,3-4,6,11H2,(H,12,15)(H,14,16). The summed E-state index contributed by atoms with van der Waals surface area (Å²) in [4.78, 5) is 14.8. The molecule has 9 heteroatoms. The first-order valence-corrected chi connectivity index (χ1v) is 7.22. The first-order chi connectivity index (χ1) is 9.03. The van der Waals surface area contributed by atoms with E-state index in [2.05, 4.69) is 20.4 Å². The Morgan fingerprint density at radius 3 is 2.95 bits per heavy atom. The molecule has 0 radical (unpaired) electrons. The van der Waals surface area contributed by atoms with Crippen LogP contribution in [0.15, 0.2) is 23.2 Å². The highest BCUT2D eigenvalue weighted by atomic mass is 32.2. The van der Waals surface area contributed by atoms with Crippen molar-refractivity contribution in [1.82, 2.24) is 15.0 Å². The summed E-state index contributed by atoms with van der Waals surface area (Å²) in [5.74, 6) is 5.24. The highest BCUT2D eigenvalue weighted by Gasteiger charge is 2.24. The van der Waals surface area contributed by atoms with Gasteiger partial charge in [0, 0.05) is 25.2 Å². The Kier molecular flexibility index (Phi) is 3.98. The van der Waals surface area contributed by atoms with Crippen LogP contribution >= 0.6 is 0 Å². The number of sulfonamides is 1. The van der Waals surface area contributed by atoms with Crippen LogP contribution in [-0.2, 0) is 14.8 Å². The van der Waals surface area contributed by atoms with Gasteiger partial charge in [-0.05, 0) is 18.6 Å². The van der Waals surface area contributed by atoms with Crippen molar-refractivity contribution in [2.45, 2.75) is 23.8 Å². The van der Waals surface area contributed by atoms with Gasteiger partial charge in [0.05, 0.1) is 0 Å². The van der Waals surface area contributed by atoms with E-state index in [0.29, 0.717) is 12.8 Å². The van der Waals surface area contributed by atoms with E-state index in [-0.39, 0.29) is 29.2 Å². The molecule has 0 bridgehead atoms. The average molecular weight is 285 g/mol. The predicted octanol–water partition coefficient (Wildman–Crippen LogP) is -1.08. The summed E-state index contributed by atoms with van der Waals surface area (Å²) in [7, 11) is -3.71. The summed E-state index contributed by atoms with van der Waals surface area (Å²) in [5.41, 5.74) is 2.24. The zero-order chi connectivity index (χ0) is 13.9. The monoisotopic (exact) mass is 285 g/mol. The van der Waals surface area contributed by atoms with E-state index in [4.69, 9.17) is 5.84 Å². The van der Waals surface area contributed by atoms with Gasteiger partial charge < -0.3 is 10.7 Å². The molecule has 1 aromatic rings. The number of hydrazine groups is 1. The van der Waals surface area contributed by atoms with Gasteiger partial charge in [0.15, 0.2) is 5.82 Å². The first kappa shape index (κ1) is 13.7. The third-order valence-corrected chi connectivity index (χ3v) is 4.26. The molecule has 1 amide bonds. The number of nitrogens with zero attached hydrogens (tertiary/aromatic N) is 1. The number of carbonyl (C=O) groups excluding carboxylic acids is 1. The van der Waals surface area contributed by atoms with Gasteiger partial charge >= 0.3 is 0 Å². The van der Waals surface area contributed by atoms with E-state index in [1.165, 1.54) is 18.3 Å². The van der Waals surface area contributed by atoms with Crippen molar-refractivity contribution in [1.29, 1.82) is 0 Å². The second-order valence-electron chi connectivity index (χ2n) is 4.15. The number of nitrogens with one attached hydrogen (secondary N) is 3. The molecule has 1 aliphatic heterocycles. The Labute approximate surface area is 110 Å². The molecule has 8 nitrogen and oxygen atoms in total. The second-order valence-corrected chi connectivity index (χ2v) is 5.88. The lowest BCUT2D eigenvalue weighted by molar-refractivity contribution is -0.119. The number of hydrogen-bond donors (Lipinski definition) is 4. The van der Waals surface area contributed by atoms with Gasteiger partial charge in [-0.25, -0.2) is 24.0 Å². The van der Waals surface area contributed by atoms with E-state index in [1.807, 2.05) is 0 Å². The van der Waals surface area contributed by atoms with E-state index < -0.39 is 10.0 Å². The number of carbonyl (C=O) groups is 1. The number of anilines is 1. The number of nitrogens with two attached hydrogens (primary N) is 1. The van der Waals surface area contributed by atoms with Gasteiger partial charge in [-0.1, -0.05) is 0 Å². The van der Waals surface area contributed by atoms with Crippen LogP contribution in [0.5, 0.6) is 0 Å². The highest BCUT2D eigenvalue weighted by molar-refractivity contribution is 7.89. The summed E-state index contributed by atoms with van der Waals surface area (Å²) in [6.07, 6.45) is 2.48. The Morgan fingerprint density at radius 2 is 2.32 bits per heavy atom. The van der Waals surface area contributed by atoms with Crippen LogP contribution in [0.1, 0.15) is 12.8 Å². The molecule has 1 unspecified atom stereocenters. The van der Waals surface area contributed by atoms with Crippen LogP contribution in [-0.4, -0.2) is 31.9 Å². The zero-order valence-corrected chi connectivity index (χ0v) is 10.9. The second kappa shape index (κ2) is 5.51. The fourth-order valence-corrected chi connectivity index (χ4v) is 3.03. The number of amides is 1. The van der Waals surface area contributed by atoms with Crippen LogP contribution in [0.25, 0.3) is 0 Å². The Hall–Kier alpha value is -1.71. The molecule has 0 aliphatic carbocycles. The molecule has 2 rings (SSSR count). The van der Waals surface area contributed by atoms with Gasteiger partial charge in [0.2, 0.25) is 15.9 Å². The van der Waals surface area contributed by atoms with Gasteiger partial charge in [-0.2, -0.15) is 0 Å². The molecule has 1 fully saturated rings. The maximum atomic E-state index is 12.1. The normalized spacial score (nSPS) is 19.2. The first-order valence-electron chi connectivity index (χ1n) is 5.73. The number of hydrogen-bond acceptors (Lipinski definition) is 6. The predicted molar refractivity (Wildman–Crippen MR) is 68.4 cm³/mol. The van der Waals surface area contributed by atoms with Crippen LogP contribution < -0.4 is 21.3 Å². The van der Waals surface area contributed by atoms with Crippen LogP contribution in [0, 0.1) is 0 Å². The maximum absolute atomic E-state index is 12.1. The summed E-state index contributed by atoms with van der Waals surface area (Å²) in [6, 6.07) is 2.73. The molecule has 1 aromatic heterocycles. The third kappa shape index (κ3) is 3.19. The minimum Gasteiger partial charge on any atom is -0.352 e. The summed E-state index contributed by atoms with van der Waals surface area (Å²) < 4.78 is 26.6. The van der Waals surface area contributed by atoms with Gasteiger partial charge in [-0.3, -0.25) is 4.79 Å². The van der Waals surface area contributed by atoms with E-state index in [1.54, 1.807) is 0 Å². The fraction of sp³-hybridized carbons (Fsp3) is 0.400. The fourth-order valence-electron chi connectivity index (χ4n) is 1.83. The lowest BCUT2D eigenvalue weighted by atomic mass is 10.2. The van der Waals surface area contributed by atoms with Crippen molar-refractivity contribution in [2.24, 2.45) is 5.84 Å². The summed E-state index contributed by atoms with van der Waals surface area (Å²) >= 11 is 0. The minimum absolute atomic E-state index is 0.0261. The molecule has 104 valence electrons. The molecule has 1 atom stereocenters. The smallest absolute Gasteiger partial charge is 0.244 e. The third-order valence-electron chi connectivity index (χ3n) is 2.80. The SMILES string of the molecule is NNc1ncccc1S(=O)(=O)NCC1CCC(=O)N1. The number of rotatable bonds is 5. The van der Waals surface area contributed by atoms with Crippen molar-refractivity contribution in [3.63, 3.8) is 0 Å². The zero-order valence-electron chi connectivity index (χ0n) is 10.1. The number of pyridine rings is 1. The lowest BCUT2D eigenvalue weighted by Crippen LogP contribution is -2.38. The minimum atomic E-state index is -3.71. The molecule has 0 aromatic carbocycles. The molecule has 0 saturated carbocycles. The number of nitrogen functional groups attached to an aromatic ring is 1. The molecular formula is C10H15N5O3S. The quantitative estimate of drug-likeness (QED) is 0.403. The van der Waals surface area contributed by atoms with Crippen molar-refractivity contribution in [3.8, 4) is 0 Å². The molecular weight excluding hydrogens is 270 g/mol. The van der Waals surface area contributed by atoms with Crippen molar-refractivity contribution >= 4 is 21.7 Å². The van der Waals surface area contributed by atoms with Crippen molar-refractivity contribution in [2.75, 3.05) is 12.0 Å². The van der Waals surface area contributed by atoms with Crippen molar-refractivity contribution in [3.05, 3.63) is 18.3 Å². The highest BCUT2D eigenvalue weighted by Crippen LogP contribution is 2.16. The maximum Gasteiger partial charge on any atom is 0.244 e. The topological polar surface area (TPSA) is 126 Å². The van der Waals surface area contributed by atoms with E-state index >= 15 is 0 Å². The van der Waals surface area contributed by atoms with Gasteiger partial charge in [0.1, 0.15) is 4.90 Å². The molecule has 19 heavy (non-hydrogen) atoms. The largest absolute Gasteiger partial charge is 0.352 e. The Morgan fingerprint density at radius 1 is 1.53 bits per heavy atom. The number of aromatic nitrogens is 1. The average Bonchev–Trinajstić information content (AvgIpc) is 2.82. The van der Waals surface area contributed by atoms with Crippen LogP contribution in [0.3, 0.4) is 0 Å². The molecule has 2 heterocycles. The molecule has 0 spiro atoms. The van der Waals surface area contributed by atoms with Crippen molar-refractivity contribution < 1.29 is 13.2 Å². The van der Waals surface area contributed by atoms with Crippen LogP contribution in [0.4, 0.5) is 5.82 Å². The molecule has 5 N–H and O–H groups in total. The van der Waals surface area contributed by atoms with Gasteiger partial charge in [0.25, 0.3) is 0 Å². The Balaban J connectivity index is 2.08. The lowest BCUT2D eigenvalue weighted by Gasteiger charge is -2.13.